The van der Waals surface area contributed by atoms with Crippen molar-refractivity contribution in [2.24, 2.45) is 0 Å². The Morgan fingerprint density at radius 1 is 1.28 bits per heavy atom. The van der Waals surface area contributed by atoms with Crippen molar-refractivity contribution in [3.8, 4) is 11.3 Å². The second kappa shape index (κ2) is 5.94. The third kappa shape index (κ3) is 2.57. The zero-order valence-electron chi connectivity index (χ0n) is 13.3. The first kappa shape index (κ1) is 14.6. The van der Waals surface area contributed by atoms with Gasteiger partial charge >= 0.3 is 0 Å². The molecule has 1 atom stereocenters. The van der Waals surface area contributed by atoms with Gasteiger partial charge in [-0.25, -0.2) is 9.97 Å². The highest BCUT2D eigenvalue weighted by Gasteiger charge is 2.20. The fourth-order valence-corrected chi connectivity index (χ4v) is 3.90. The van der Waals surface area contributed by atoms with Crippen molar-refractivity contribution in [3.63, 3.8) is 0 Å². The van der Waals surface area contributed by atoms with E-state index in [1.54, 1.807) is 12.4 Å². The average Bonchev–Trinajstić information content (AvgIpc) is 3.39. The maximum atomic E-state index is 4.59. The molecule has 0 amide bonds. The monoisotopic (exact) mass is 352 g/mol. The van der Waals surface area contributed by atoms with Gasteiger partial charge in [0.25, 0.3) is 0 Å². The molecule has 9 heteroatoms. The van der Waals surface area contributed by atoms with Gasteiger partial charge in [0.2, 0.25) is 0 Å². The van der Waals surface area contributed by atoms with Gasteiger partial charge in [-0.1, -0.05) is 0 Å². The SMILES string of the molecule is c1cn2c(-c3cn[nH]c3)cnc2c(Nc2cc(C3CCNC3)ns2)n1. The summed E-state index contributed by atoms with van der Waals surface area (Å²) in [4.78, 5) is 8.98. The summed E-state index contributed by atoms with van der Waals surface area (Å²) in [7, 11) is 0. The standard InChI is InChI=1S/C16H16N8S/c1-2-17-6-10(1)12-5-14(25-23-12)22-15-16-19-9-13(11-7-20-21-8-11)24(16)4-3-18-15/h3-5,7-10,17H,1-2,6H2,(H,18,22)(H,20,21). The highest BCUT2D eigenvalue weighted by Crippen LogP contribution is 2.30. The minimum Gasteiger partial charge on any atom is -0.328 e. The molecule has 25 heavy (non-hydrogen) atoms. The molecule has 4 aromatic heterocycles. The number of aromatic nitrogens is 6. The van der Waals surface area contributed by atoms with E-state index in [4.69, 9.17) is 0 Å². The number of nitrogens with one attached hydrogen (secondary N) is 3. The molecule has 1 unspecified atom stereocenters. The molecule has 0 aliphatic carbocycles. The van der Waals surface area contributed by atoms with Gasteiger partial charge in [-0.05, 0) is 30.6 Å². The van der Waals surface area contributed by atoms with Crippen LogP contribution in [0, 0.1) is 0 Å². The molecule has 5 heterocycles. The van der Waals surface area contributed by atoms with E-state index < -0.39 is 0 Å². The van der Waals surface area contributed by atoms with E-state index in [-0.39, 0.29) is 0 Å². The highest BCUT2D eigenvalue weighted by molar-refractivity contribution is 7.10. The lowest BCUT2D eigenvalue weighted by atomic mass is 10.1. The Kier molecular flexibility index (Phi) is 3.46. The smallest absolute Gasteiger partial charge is 0.180 e. The second-order valence-corrected chi connectivity index (χ2v) is 6.84. The minimum absolute atomic E-state index is 0.509. The topological polar surface area (TPSA) is 95.8 Å². The summed E-state index contributed by atoms with van der Waals surface area (Å²) in [6.07, 6.45) is 10.3. The first-order valence-corrected chi connectivity index (χ1v) is 8.91. The number of nitrogens with zero attached hydrogens (tertiary/aromatic N) is 5. The fraction of sp³-hybridized carbons (Fsp3) is 0.250. The van der Waals surface area contributed by atoms with Crippen LogP contribution in [-0.4, -0.2) is 42.0 Å². The Labute approximate surface area is 147 Å². The van der Waals surface area contributed by atoms with Gasteiger partial charge in [-0.2, -0.15) is 9.47 Å². The molecular weight excluding hydrogens is 336 g/mol. The van der Waals surface area contributed by atoms with Gasteiger partial charge in [0.1, 0.15) is 5.00 Å². The van der Waals surface area contributed by atoms with Crippen molar-refractivity contribution in [3.05, 3.63) is 42.7 Å². The van der Waals surface area contributed by atoms with Gasteiger partial charge in [-0.3, -0.25) is 9.50 Å². The first-order chi connectivity index (χ1) is 12.4. The van der Waals surface area contributed by atoms with Gasteiger partial charge in [0.05, 0.1) is 23.8 Å². The summed E-state index contributed by atoms with van der Waals surface area (Å²) < 4.78 is 6.60. The molecule has 0 bridgehead atoms. The molecule has 1 aliphatic heterocycles. The maximum absolute atomic E-state index is 4.59. The van der Waals surface area contributed by atoms with Crippen LogP contribution < -0.4 is 10.6 Å². The summed E-state index contributed by atoms with van der Waals surface area (Å²) in [5.74, 6) is 1.23. The van der Waals surface area contributed by atoms with Crippen molar-refractivity contribution in [1.29, 1.82) is 0 Å². The molecule has 3 N–H and O–H groups in total. The van der Waals surface area contributed by atoms with E-state index in [2.05, 4.69) is 41.2 Å². The predicted octanol–water partition coefficient (Wildman–Crippen LogP) is 2.40. The molecule has 126 valence electrons. The predicted molar refractivity (Wildman–Crippen MR) is 96.2 cm³/mol. The van der Waals surface area contributed by atoms with Gasteiger partial charge < -0.3 is 10.6 Å². The van der Waals surface area contributed by atoms with Crippen LogP contribution in [0.1, 0.15) is 18.0 Å². The van der Waals surface area contributed by atoms with Crippen molar-refractivity contribution in [2.45, 2.75) is 12.3 Å². The summed E-state index contributed by atoms with van der Waals surface area (Å²) in [6, 6.07) is 2.12. The zero-order valence-corrected chi connectivity index (χ0v) is 14.1. The number of H-pyrrole nitrogens is 1. The van der Waals surface area contributed by atoms with Crippen LogP contribution in [0.5, 0.6) is 0 Å². The quantitative estimate of drug-likeness (QED) is 0.522. The summed E-state index contributed by atoms with van der Waals surface area (Å²) in [5, 5.41) is 14.6. The number of anilines is 2. The summed E-state index contributed by atoms with van der Waals surface area (Å²) in [5.41, 5.74) is 3.87. The van der Waals surface area contributed by atoms with Crippen LogP contribution in [0.4, 0.5) is 10.8 Å². The first-order valence-electron chi connectivity index (χ1n) is 8.14. The number of hydrogen-bond donors (Lipinski definition) is 3. The van der Waals surface area contributed by atoms with Crippen molar-refractivity contribution >= 4 is 28.0 Å². The highest BCUT2D eigenvalue weighted by atomic mass is 32.1. The minimum atomic E-state index is 0.509. The Morgan fingerprint density at radius 3 is 3.12 bits per heavy atom. The third-order valence-corrected chi connectivity index (χ3v) is 5.19. The molecule has 1 saturated heterocycles. The van der Waals surface area contributed by atoms with E-state index in [1.165, 1.54) is 11.5 Å². The molecule has 1 aliphatic rings. The Bertz CT molecular complexity index is 996. The molecule has 0 aromatic carbocycles. The molecule has 0 radical (unpaired) electrons. The molecule has 0 saturated carbocycles. The maximum Gasteiger partial charge on any atom is 0.180 e. The van der Waals surface area contributed by atoms with Crippen LogP contribution in [0.15, 0.2) is 37.1 Å². The Balaban J connectivity index is 1.47. The lowest BCUT2D eigenvalue weighted by molar-refractivity contribution is 0.746. The molecule has 5 rings (SSSR count). The van der Waals surface area contributed by atoms with Crippen LogP contribution in [0.25, 0.3) is 16.9 Å². The largest absolute Gasteiger partial charge is 0.328 e. The lowest BCUT2D eigenvalue weighted by Crippen LogP contribution is -2.07. The van der Waals surface area contributed by atoms with Crippen LogP contribution in [0.3, 0.4) is 0 Å². The van der Waals surface area contributed by atoms with Gasteiger partial charge in [-0.15, -0.1) is 0 Å². The number of aromatic amines is 1. The van der Waals surface area contributed by atoms with Gasteiger partial charge in [0, 0.05) is 36.6 Å². The van der Waals surface area contributed by atoms with Crippen LogP contribution >= 0.6 is 11.5 Å². The summed E-state index contributed by atoms with van der Waals surface area (Å²) in [6.45, 7) is 2.07. The number of hydrogen-bond acceptors (Lipinski definition) is 7. The Hall–Kier alpha value is -2.78. The van der Waals surface area contributed by atoms with Crippen molar-refractivity contribution < 1.29 is 0 Å². The molecule has 8 nitrogen and oxygen atoms in total. The Morgan fingerprint density at radius 2 is 2.28 bits per heavy atom. The van der Waals surface area contributed by atoms with E-state index in [0.29, 0.717) is 5.92 Å². The number of fused-ring (bicyclic) bond motifs is 1. The van der Waals surface area contributed by atoms with Crippen LogP contribution in [0.2, 0.25) is 0 Å². The molecule has 1 fully saturated rings. The number of imidazole rings is 1. The number of rotatable bonds is 4. The fourth-order valence-electron chi connectivity index (χ4n) is 3.18. The second-order valence-electron chi connectivity index (χ2n) is 6.03. The molecule has 4 aromatic rings. The average molecular weight is 352 g/mol. The van der Waals surface area contributed by atoms with Crippen LogP contribution in [-0.2, 0) is 0 Å². The normalized spacial score (nSPS) is 17.4. The molecular formula is C16H16N8S. The van der Waals surface area contributed by atoms with Gasteiger partial charge in [0.15, 0.2) is 11.5 Å². The summed E-state index contributed by atoms with van der Waals surface area (Å²) >= 11 is 1.46. The molecule has 0 spiro atoms. The van der Waals surface area contributed by atoms with E-state index in [9.17, 15) is 0 Å². The van der Waals surface area contributed by atoms with E-state index >= 15 is 0 Å². The van der Waals surface area contributed by atoms with E-state index in [1.807, 2.05) is 23.0 Å². The van der Waals surface area contributed by atoms with Crippen molar-refractivity contribution in [2.75, 3.05) is 18.4 Å². The van der Waals surface area contributed by atoms with E-state index in [0.717, 1.165) is 52.9 Å². The zero-order chi connectivity index (χ0) is 16.6. The third-order valence-electron chi connectivity index (χ3n) is 4.47. The van der Waals surface area contributed by atoms with Crippen molar-refractivity contribution in [1.82, 2.24) is 34.3 Å². The lowest BCUT2D eigenvalue weighted by Gasteiger charge is -2.05.